The molecule has 0 spiro atoms. The second-order valence-corrected chi connectivity index (χ2v) is 6.10. The minimum absolute atomic E-state index is 0.125. The molecule has 0 fully saturated rings. The van der Waals surface area contributed by atoms with E-state index in [1.165, 1.54) is 6.07 Å². The largest absolute Gasteiger partial charge is 0.378 e. The number of amidine groups is 1. The van der Waals surface area contributed by atoms with E-state index in [0.29, 0.717) is 5.56 Å². The summed E-state index contributed by atoms with van der Waals surface area (Å²) < 4.78 is 0. The number of aliphatic imine (C=N–C) groups is 1. The van der Waals surface area contributed by atoms with Crippen LogP contribution in [0, 0.1) is 24.0 Å². The Bertz CT molecular complexity index is 702. The number of nitrogens with two attached hydrogens (primary N) is 1. The van der Waals surface area contributed by atoms with E-state index in [1.807, 2.05) is 0 Å². The highest BCUT2D eigenvalue weighted by molar-refractivity contribution is 8.15. The summed E-state index contributed by atoms with van der Waals surface area (Å²) in [7, 11) is 0. The van der Waals surface area contributed by atoms with Crippen LogP contribution >= 0.6 is 11.8 Å². The van der Waals surface area contributed by atoms with Gasteiger partial charge in [-0.1, -0.05) is 17.8 Å². The Hall–Kier alpha value is -2.42. The number of anilines is 1. The third kappa shape index (κ3) is 3.42. The summed E-state index contributed by atoms with van der Waals surface area (Å²) in [5, 5.41) is 13.1. The first kappa shape index (κ1) is 16.0. The summed E-state index contributed by atoms with van der Waals surface area (Å²) in [5.41, 5.74) is 6.70. The lowest BCUT2D eigenvalue weighted by Crippen LogP contribution is -2.22. The standard InChI is InChI=1S/C13H14N4O4S/c1-6-3-7(2)11(8(4-6)17(20)21)15-10(18)5-9-12(19)16-13(14)22-9/h3-4,9H,5H2,1-2H3,(H,15,18)(H2,14,16,19)/t9-/m1/s1. The van der Waals surface area contributed by atoms with Crippen LogP contribution in [0.1, 0.15) is 17.5 Å². The van der Waals surface area contributed by atoms with Crippen molar-refractivity contribution in [3.63, 3.8) is 0 Å². The summed E-state index contributed by atoms with van der Waals surface area (Å²) in [6.45, 7) is 3.41. The van der Waals surface area contributed by atoms with E-state index in [1.54, 1.807) is 19.9 Å². The lowest BCUT2D eigenvalue weighted by Gasteiger charge is -2.11. The molecule has 1 atom stereocenters. The van der Waals surface area contributed by atoms with E-state index in [-0.39, 0.29) is 23.0 Å². The molecule has 0 aliphatic carbocycles. The molecule has 1 heterocycles. The van der Waals surface area contributed by atoms with Crippen LogP contribution in [-0.4, -0.2) is 27.2 Å². The number of carbonyl (C=O) groups is 2. The molecule has 1 aromatic rings. The maximum atomic E-state index is 12.0. The zero-order chi connectivity index (χ0) is 16.4. The summed E-state index contributed by atoms with van der Waals surface area (Å²) >= 11 is 1.01. The number of carbonyl (C=O) groups excluding carboxylic acids is 2. The highest BCUT2D eigenvalue weighted by atomic mass is 32.2. The Morgan fingerprint density at radius 1 is 1.50 bits per heavy atom. The van der Waals surface area contributed by atoms with Crippen molar-refractivity contribution in [1.29, 1.82) is 0 Å². The molecule has 9 heteroatoms. The van der Waals surface area contributed by atoms with Gasteiger partial charge >= 0.3 is 0 Å². The van der Waals surface area contributed by atoms with Gasteiger partial charge in [-0.3, -0.25) is 19.7 Å². The van der Waals surface area contributed by atoms with Gasteiger partial charge < -0.3 is 11.1 Å². The molecule has 0 saturated carbocycles. The smallest absolute Gasteiger partial charge is 0.293 e. The quantitative estimate of drug-likeness (QED) is 0.638. The van der Waals surface area contributed by atoms with Crippen LogP contribution in [0.25, 0.3) is 0 Å². The summed E-state index contributed by atoms with van der Waals surface area (Å²) in [6, 6.07) is 3.12. The topological polar surface area (TPSA) is 128 Å². The number of benzene rings is 1. The minimum atomic E-state index is -0.676. The second-order valence-electron chi connectivity index (χ2n) is 4.88. The summed E-state index contributed by atoms with van der Waals surface area (Å²) in [5.74, 6) is -0.960. The summed E-state index contributed by atoms with van der Waals surface area (Å²) in [6.07, 6.45) is -0.141. The predicted molar refractivity (Wildman–Crippen MR) is 83.8 cm³/mol. The SMILES string of the molecule is Cc1cc(C)c(NC(=O)C[C@H]2SC(N)=NC2=O)c([N+](=O)[O-])c1. The Morgan fingerprint density at radius 3 is 2.73 bits per heavy atom. The van der Waals surface area contributed by atoms with Gasteiger partial charge in [0.25, 0.3) is 11.6 Å². The Labute approximate surface area is 130 Å². The van der Waals surface area contributed by atoms with Crippen molar-refractivity contribution < 1.29 is 14.5 Å². The van der Waals surface area contributed by atoms with Gasteiger partial charge in [0.1, 0.15) is 10.9 Å². The van der Waals surface area contributed by atoms with Gasteiger partial charge in [0, 0.05) is 12.5 Å². The lowest BCUT2D eigenvalue weighted by atomic mass is 10.1. The number of hydrogen-bond donors (Lipinski definition) is 2. The lowest BCUT2D eigenvalue weighted by molar-refractivity contribution is -0.384. The van der Waals surface area contributed by atoms with Gasteiger partial charge in [0.05, 0.1) is 4.92 Å². The number of hydrogen-bond acceptors (Lipinski definition) is 6. The fourth-order valence-electron chi connectivity index (χ4n) is 2.14. The van der Waals surface area contributed by atoms with Crippen molar-refractivity contribution in [3.8, 4) is 0 Å². The van der Waals surface area contributed by atoms with Gasteiger partial charge in [-0.05, 0) is 25.0 Å². The van der Waals surface area contributed by atoms with E-state index in [4.69, 9.17) is 5.73 Å². The van der Waals surface area contributed by atoms with Crippen molar-refractivity contribution in [1.82, 2.24) is 0 Å². The maximum absolute atomic E-state index is 12.0. The average Bonchev–Trinajstić information content (AvgIpc) is 2.70. The highest BCUT2D eigenvalue weighted by Gasteiger charge is 2.30. The molecule has 0 bridgehead atoms. The van der Waals surface area contributed by atoms with Crippen molar-refractivity contribution >= 4 is 40.1 Å². The van der Waals surface area contributed by atoms with Crippen LogP contribution in [0.3, 0.4) is 0 Å². The number of aryl methyl sites for hydroxylation is 2. The highest BCUT2D eigenvalue weighted by Crippen LogP contribution is 2.30. The molecule has 2 amide bonds. The predicted octanol–water partition coefficient (Wildman–Crippen LogP) is 1.50. The number of nitrogens with zero attached hydrogens (tertiary/aromatic N) is 2. The van der Waals surface area contributed by atoms with Crippen molar-refractivity contribution in [2.75, 3.05) is 5.32 Å². The van der Waals surface area contributed by atoms with Crippen LogP contribution in [0.5, 0.6) is 0 Å². The molecule has 2 rings (SSSR count). The van der Waals surface area contributed by atoms with Gasteiger partial charge in [-0.2, -0.15) is 4.99 Å². The van der Waals surface area contributed by atoms with E-state index in [0.717, 1.165) is 17.3 Å². The molecule has 8 nitrogen and oxygen atoms in total. The molecular weight excluding hydrogens is 308 g/mol. The van der Waals surface area contributed by atoms with E-state index < -0.39 is 22.0 Å². The number of nitro groups is 1. The van der Waals surface area contributed by atoms with Crippen molar-refractivity contribution in [3.05, 3.63) is 33.4 Å². The molecule has 3 N–H and O–H groups in total. The summed E-state index contributed by atoms with van der Waals surface area (Å²) in [4.78, 5) is 37.6. The Balaban J connectivity index is 2.15. The van der Waals surface area contributed by atoms with Gasteiger partial charge in [-0.25, -0.2) is 0 Å². The van der Waals surface area contributed by atoms with Gasteiger partial charge in [0.15, 0.2) is 5.17 Å². The molecule has 1 aliphatic rings. The molecule has 0 saturated heterocycles. The molecular formula is C13H14N4O4S. The molecule has 0 radical (unpaired) electrons. The first-order chi connectivity index (χ1) is 10.3. The zero-order valence-electron chi connectivity index (χ0n) is 12.0. The van der Waals surface area contributed by atoms with E-state index in [9.17, 15) is 19.7 Å². The Kier molecular flexibility index (Phi) is 4.45. The number of rotatable bonds is 4. The molecule has 22 heavy (non-hydrogen) atoms. The molecule has 1 aliphatic heterocycles. The fourth-order valence-corrected chi connectivity index (χ4v) is 2.97. The molecule has 0 unspecified atom stereocenters. The second kappa shape index (κ2) is 6.14. The van der Waals surface area contributed by atoms with Crippen molar-refractivity contribution in [2.24, 2.45) is 10.7 Å². The third-order valence-corrected chi connectivity index (χ3v) is 4.04. The van der Waals surface area contributed by atoms with Crippen LogP contribution in [0.15, 0.2) is 17.1 Å². The van der Waals surface area contributed by atoms with E-state index >= 15 is 0 Å². The van der Waals surface area contributed by atoms with E-state index in [2.05, 4.69) is 10.3 Å². The van der Waals surface area contributed by atoms with Crippen LogP contribution < -0.4 is 11.1 Å². The van der Waals surface area contributed by atoms with Gasteiger partial charge in [-0.15, -0.1) is 0 Å². The van der Waals surface area contributed by atoms with Crippen molar-refractivity contribution in [2.45, 2.75) is 25.5 Å². The monoisotopic (exact) mass is 322 g/mol. The molecule has 116 valence electrons. The maximum Gasteiger partial charge on any atom is 0.293 e. The first-order valence-electron chi connectivity index (χ1n) is 6.38. The number of amides is 2. The molecule has 1 aromatic carbocycles. The fraction of sp³-hybridized carbons (Fsp3) is 0.308. The average molecular weight is 322 g/mol. The van der Waals surface area contributed by atoms with Crippen LogP contribution in [-0.2, 0) is 9.59 Å². The third-order valence-electron chi connectivity index (χ3n) is 3.05. The number of nitrogens with one attached hydrogen (secondary N) is 1. The number of nitro benzene ring substituents is 1. The zero-order valence-corrected chi connectivity index (χ0v) is 12.8. The molecule has 0 aromatic heterocycles. The normalized spacial score (nSPS) is 17.3. The number of thioether (sulfide) groups is 1. The minimum Gasteiger partial charge on any atom is -0.378 e. The Morgan fingerprint density at radius 2 is 2.18 bits per heavy atom. The van der Waals surface area contributed by atoms with Gasteiger partial charge in [0.2, 0.25) is 5.91 Å². The first-order valence-corrected chi connectivity index (χ1v) is 7.26. The van der Waals surface area contributed by atoms with Crippen LogP contribution in [0.2, 0.25) is 0 Å². The van der Waals surface area contributed by atoms with Crippen LogP contribution in [0.4, 0.5) is 11.4 Å².